The molecule has 1 fully saturated rings. The molecule has 108 valence electrons. The lowest BCUT2D eigenvalue weighted by Crippen LogP contribution is -2.44. The van der Waals surface area contributed by atoms with E-state index in [1.807, 2.05) is 0 Å². The first-order chi connectivity index (χ1) is 8.87. The Morgan fingerprint density at radius 3 is 2.32 bits per heavy atom. The molecule has 0 saturated heterocycles. The fraction of sp³-hybridized carbons (Fsp3) is 0.647. The highest BCUT2D eigenvalue weighted by atomic mass is 35.5. The minimum absolute atomic E-state index is 0. The van der Waals surface area contributed by atoms with E-state index in [0.29, 0.717) is 0 Å². The van der Waals surface area contributed by atoms with Crippen LogP contribution in [0.2, 0.25) is 0 Å². The quantitative estimate of drug-likeness (QED) is 0.720. The van der Waals surface area contributed by atoms with Gasteiger partial charge in [-0.1, -0.05) is 69.4 Å². The minimum Gasteiger partial charge on any atom is -0.307 e. The number of nitrogens with one attached hydrogen (secondary N) is 1. The van der Waals surface area contributed by atoms with Gasteiger partial charge in [-0.25, -0.2) is 0 Å². The second-order valence-electron chi connectivity index (χ2n) is 5.64. The third-order valence-corrected chi connectivity index (χ3v) is 4.28. The molecule has 0 unspecified atom stereocenters. The van der Waals surface area contributed by atoms with Crippen LogP contribution in [-0.4, -0.2) is 6.54 Å². The molecule has 1 aromatic carbocycles. The van der Waals surface area contributed by atoms with Gasteiger partial charge in [0.2, 0.25) is 0 Å². The van der Waals surface area contributed by atoms with E-state index >= 15 is 0 Å². The standard InChI is InChI=1S/C17H27N.ClH/c1-2-3-10-15-18-17(13-8-5-9-14-17)16-11-6-4-7-12-16;/h4,6-7,11-12,18H,2-3,5,8-10,13-15H2,1H3;1H. The first-order valence-electron chi connectivity index (χ1n) is 7.68. The molecule has 2 rings (SSSR count). The van der Waals surface area contributed by atoms with Crippen LogP contribution < -0.4 is 5.32 Å². The third kappa shape index (κ3) is 4.50. The number of hydrogen-bond acceptors (Lipinski definition) is 1. The fourth-order valence-electron chi connectivity index (χ4n) is 3.18. The van der Waals surface area contributed by atoms with E-state index in [1.165, 1.54) is 63.5 Å². The first kappa shape index (κ1) is 16.5. The lowest BCUT2D eigenvalue weighted by molar-refractivity contribution is 0.232. The molecule has 2 heteroatoms. The Balaban J connectivity index is 0.00000180. The zero-order valence-electron chi connectivity index (χ0n) is 12.2. The lowest BCUT2D eigenvalue weighted by Gasteiger charge is -2.39. The van der Waals surface area contributed by atoms with Crippen LogP contribution in [0, 0.1) is 0 Å². The van der Waals surface area contributed by atoms with Gasteiger partial charge >= 0.3 is 0 Å². The van der Waals surface area contributed by atoms with Gasteiger partial charge in [-0.05, 0) is 31.4 Å². The summed E-state index contributed by atoms with van der Waals surface area (Å²) in [5, 5.41) is 3.89. The van der Waals surface area contributed by atoms with Crippen LogP contribution in [0.5, 0.6) is 0 Å². The van der Waals surface area contributed by atoms with Gasteiger partial charge in [-0.3, -0.25) is 0 Å². The van der Waals surface area contributed by atoms with Gasteiger partial charge in [-0.15, -0.1) is 12.4 Å². The molecule has 0 spiro atoms. The molecule has 0 amide bonds. The Hall–Kier alpha value is -0.530. The van der Waals surface area contributed by atoms with E-state index in [2.05, 4.69) is 42.6 Å². The summed E-state index contributed by atoms with van der Waals surface area (Å²) in [6, 6.07) is 11.1. The summed E-state index contributed by atoms with van der Waals surface area (Å²) in [7, 11) is 0. The van der Waals surface area contributed by atoms with Gasteiger partial charge in [0.05, 0.1) is 0 Å². The number of rotatable bonds is 6. The number of unbranched alkanes of at least 4 members (excludes halogenated alkanes) is 2. The molecule has 0 heterocycles. The topological polar surface area (TPSA) is 12.0 Å². The van der Waals surface area contributed by atoms with Gasteiger partial charge in [0.1, 0.15) is 0 Å². The van der Waals surface area contributed by atoms with E-state index in [1.54, 1.807) is 0 Å². The van der Waals surface area contributed by atoms with Crippen molar-refractivity contribution in [2.24, 2.45) is 0 Å². The predicted molar refractivity (Wildman–Crippen MR) is 86.0 cm³/mol. The van der Waals surface area contributed by atoms with Crippen LogP contribution in [0.4, 0.5) is 0 Å². The smallest absolute Gasteiger partial charge is 0.0434 e. The van der Waals surface area contributed by atoms with Gasteiger partial charge in [0.25, 0.3) is 0 Å². The molecule has 1 aliphatic rings. The summed E-state index contributed by atoms with van der Waals surface area (Å²) >= 11 is 0. The fourth-order valence-corrected chi connectivity index (χ4v) is 3.18. The highest BCUT2D eigenvalue weighted by Gasteiger charge is 2.32. The Morgan fingerprint density at radius 2 is 1.68 bits per heavy atom. The molecule has 0 aliphatic heterocycles. The van der Waals surface area contributed by atoms with Crippen molar-refractivity contribution in [1.82, 2.24) is 5.32 Å². The zero-order valence-corrected chi connectivity index (χ0v) is 13.0. The number of halogens is 1. The monoisotopic (exact) mass is 281 g/mol. The molecule has 19 heavy (non-hydrogen) atoms. The molecule has 1 aliphatic carbocycles. The average Bonchev–Trinajstić information content (AvgIpc) is 2.46. The van der Waals surface area contributed by atoms with Crippen LogP contribution in [0.3, 0.4) is 0 Å². The molecular formula is C17H28ClN. The second-order valence-corrected chi connectivity index (χ2v) is 5.64. The summed E-state index contributed by atoms with van der Waals surface area (Å²) in [6.07, 6.45) is 10.7. The molecule has 1 N–H and O–H groups in total. The van der Waals surface area contributed by atoms with Crippen molar-refractivity contribution in [3.05, 3.63) is 35.9 Å². The van der Waals surface area contributed by atoms with E-state index < -0.39 is 0 Å². The summed E-state index contributed by atoms with van der Waals surface area (Å²) < 4.78 is 0. The summed E-state index contributed by atoms with van der Waals surface area (Å²) in [5.41, 5.74) is 1.77. The summed E-state index contributed by atoms with van der Waals surface area (Å²) in [6.45, 7) is 3.44. The van der Waals surface area contributed by atoms with Gasteiger partial charge in [-0.2, -0.15) is 0 Å². The number of hydrogen-bond donors (Lipinski definition) is 1. The molecular weight excluding hydrogens is 254 g/mol. The van der Waals surface area contributed by atoms with E-state index in [-0.39, 0.29) is 17.9 Å². The zero-order chi connectivity index (χ0) is 12.7. The van der Waals surface area contributed by atoms with Crippen molar-refractivity contribution in [2.75, 3.05) is 6.54 Å². The Kier molecular flexibility index (Phi) is 7.48. The van der Waals surface area contributed by atoms with Crippen LogP contribution in [0.15, 0.2) is 30.3 Å². The van der Waals surface area contributed by atoms with Crippen molar-refractivity contribution in [3.8, 4) is 0 Å². The molecule has 0 bridgehead atoms. The molecule has 0 aromatic heterocycles. The minimum atomic E-state index is 0. The average molecular weight is 282 g/mol. The van der Waals surface area contributed by atoms with Crippen LogP contribution >= 0.6 is 12.4 Å². The Morgan fingerprint density at radius 1 is 1.00 bits per heavy atom. The van der Waals surface area contributed by atoms with Crippen molar-refractivity contribution in [3.63, 3.8) is 0 Å². The molecule has 0 atom stereocenters. The maximum atomic E-state index is 3.89. The predicted octanol–water partition coefficient (Wildman–Crippen LogP) is 5.05. The second kappa shape index (κ2) is 8.60. The van der Waals surface area contributed by atoms with Gasteiger partial charge in [0, 0.05) is 5.54 Å². The highest BCUT2D eigenvalue weighted by Crippen LogP contribution is 2.36. The molecule has 1 aromatic rings. The van der Waals surface area contributed by atoms with Crippen LogP contribution in [0.1, 0.15) is 63.9 Å². The summed E-state index contributed by atoms with van der Waals surface area (Å²) in [5.74, 6) is 0. The maximum absolute atomic E-state index is 3.89. The molecule has 0 radical (unpaired) electrons. The SMILES string of the molecule is CCCCCNC1(c2ccccc2)CCCCC1.Cl. The van der Waals surface area contributed by atoms with E-state index in [9.17, 15) is 0 Å². The Bertz CT molecular complexity index is 330. The van der Waals surface area contributed by atoms with Crippen LogP contribution in [0.25, 0.3) is 0 Å². The van der Waals surface area contributed by atoms with Crippen LogP contribution in [-0.2, 0) is 5.54 Å². The third-order valence-electron chi connectivity index (χ3n) is 4.28. The first-order valence-corrected chi connectivity index (χ1v) is 7.68. The van der Waals surface area contributed by atoms with Crippen molar-refractivity contribution in [2.45, 2.75) is 63.8 Å². The Labute approximate surface area is 124 Å². The normalized spacial score (nSPS) is 17.7. The van der Waals surface area contributed by atoms with E-state index in [0.717, 1.165) is 0 Å². The van der Waals surface area contributed by atoms with Crippen molar-refractivity contribution in [1.29, 1.82) is 0 Å². The van der Waals surface area contributed by atoms with Gasteiger partial charge in [0.15, 0.2) is 0 Å². The molecule has 1 nitrogen and oxygen atoms in total. The van der Waals surface area contributed by atoms with Crippen molar-refractivity contribution < 1.29 is 0 Å². The van der Waals surface area contributed by atoms with Gasteiger partial charge < -0.3 is 5.32 Å². The van der Waals surface area contributed by atoms with E-state index in [4.69, 9.17) is 0 Å². The lowest BCUT2D eigenvalue weighted by atomic mass is 9.76. The maximum Gasteiger partial charge on any atom is 0.0434 e. The van der Waals surface area contributed by atoms with Crippen molar-refractivity contribution >= 4 is 12.4 Å². The largest absolute Gasteiger partial charge is 0.307 e. The number of benzene rings is 1. The molecule has 1 saturated carbocycles. The highest BCUT2D eigenvalue weighted by molar-refractivity contribution is 5.85. The summed E-state index contributed by atoms with van der Waals surface area (Å²) in [4.78, 5) is 0.